The highest BCUT2D eigenvalue weighted by atomic mass is 16.3. The van der Waals surface area contributed by atoms with E-state index < -0.39 is 0 Å². The van der Waals surface area contributed by atoms with E-state index in [4.69, 9.17) is 0 Å². The molecule has 3 rings (SSSR count). The fourth-order valence-electron chi connectivity index (χ4n) is 4.50. The third kappa shape index (κ3) is 0.816. The number of hydrogen-bond acceptors (Lipinski definition) is 2. The van der Waals surface area contributed by atoms with Crippen LogP contribution in [0.2, 0.25) is 0 Å². The Morgan fingerprint density at radius 1 is 0.923 bits per heavy atom. The van der Waals surface area contributed by atoms with Gasteiger partial charge in [-0.3, -0.25) is 0 Å². The average Bonchev–Trinajstić information content (AvgIpc) is 2.82. The van der Waals surface area contributed by atoms with Crippen LogP contribution in [0.5, 0.6) is 0 Å². The summed E-state index contributed by atoms with van der Waals surface area (Å²) in [6, 6.07) is 0. The van der Waals surface area contributed by atoms with Crippen LogP contribution in [0.1, 0.15) is 25.7 Å². The molecule has 4 unspecified atom stereocenters. The first-order chi connectivity index (χ1) is 6.33. The van der Waals surface area contributed by atoms with Crippen molar-refractivity contribution >= 4 is 0 Å². The Labute approximate surface area is 79.0 Å². The van der Waals surface area contributed by atoms with Gasteiger partial charge in [-0.05, 0) is 54.8 Å². The van der Waals surface area contributed by atoms with Gasteiger partial charge in [-0.2, -0.15) is 0 Å². The minimum atomic E-state index is 0.300. The first kappa shape index (κ1) is 8.25. The van der Waals surface area contributed by atoms with E-state index in [1.165, 1.54) is 25.7 Å². The predicted octanol–water partition coefficient (Wildman–Crippen LogP) is 1.02. The van der Waals surface area contributed by atoms with E-state index in [-0.39, 0.29) is 0 Å². The smallest absolute Gasteiger partial charge is 0.0465 e. The summed E-state index contributed by atoms with van der Waals surface area (Å²) in [5.41, 5.74) is 0.598. The van der Waals surface area contributed by atoms with Gasteiger partial charge in [-0.25, -0.2) is 0 Å². The molecule has 0 aliphatic heterocycles. The highest BCUT2D eigenvalue weighted by Gasteiger charge is 2.67. The summed E-state index contributed by atoms with van der Waals surface area (Å²) in [4.78, 5) is 0. The van der Waals surface area contributed by atoms with Crippen LogP contribution in [0.3, 0.4) is 0 Å². The van der Waals surface area contributed by atoms with Crippen molar-refractivity contribution in [1.82, 2.24) is 0 Å². The fraction of sp³-hybridized carbons (Fsp3) is 1.00. The standard InChI is InChI=1S/C11H18O2/c12-5-7-8(6-13)10-2-1-9(7)11(10)3-4-11/h7-10,12-13H,1-6H2. The molecule has 2 bridgehead atoms. The van der Waals surface area contributed by atoms with Gasteiger partial charge in [-0.15, -0.1) is 0 Å². The lowest BCUT2D eigenvalue weighted by atomic mass is 9.80. The second-order valence-corrected chi connectivity index (χ2v) is 5.22. The monoisotopic (exact) mass is 182 g/mol. The summed E-state index contributed by atoms with van der Waals surface area (Å²) in [5, 5.41) is 18.7. The molecule has 4 atom stereocenters. The third-order valence-corrected chi connectivity index (χ3v) is 5.10. The minimum absolute atomic E-state index is 0.300. The molecule has 74 valence electrons. The Hall–Kier alpha value is -0.0800. The zero-order valence-corrected chi connectivity index (χ0v) is 7.95. The Balaban J connectivity index is 1.92. The summed E-state index contributed by atoms with van der Waals surface area (Å²) in [6.45, 7) is 0.599. The van der Waals surface area contributed by atoms with Crippen LogP contribution in [-0.2, 0) is 0 Å². The molecule has 0 aromatic rings. The summed E-state index contributed by atoms with van der Waals surface area (Å²) in [5.74, 6) is 2.34. The van der Waals surface area contributed by atoms with Gasteiger partial charge in [0.25, 0.3) is 0 Å². The molecule has 0 heterocycles. The van der Waals surface area contributed by atoms with E-state index in [1.54, 1.807) is 0 Å². The zero-order chi connectivity index (χ0) is 9.05. The first-order valence-electron chi connectivity index (χ1n) is 5.55. The molecular formula is C11H18O2. The fourth-order valence-corrected chi connectivity index (χ4v) is 4.50. The predicted molar refractivity (Wildman–Crippen MR) is 49.0 cm³/mol. The van der Waals surface area contributed by atoms with E-state index in [2.05, 4.69) is 0 Å². The molecule has 2 nitrogen and oxygen atoms in total. The molecule has 1 spiro atoms. The molecule has 0 amide bonds. The van der Waals surface area contributed by atoms with Crippen molar-refractivity contribution in [3.05, 3.63) is 0 Å². The third-order valence-electron chi connectivity index (χ3n) is 5.10. The van der Waals surface area contributed by atoms with E-state index in [9.17, 15) is 10.2 Å². The maximum Gasteiger partial charge on any atom is 0.0465 e. The van der Waals surface area contributed by atoms with Gasteiger partial charge in [0.2, 0.25) is 0 Å². The maximum absolute atomic E-state index is 9.34. The van der Waals surface area contributed by atoms with E-state index >= 15 is 0 Å². The van der Waals surface area contributed by atoms with Crippen LogP contribution < -0.4 is 0 Å². The second-order valence-electron chi connectivity index (χ2n) is 5.22. The van der Waals surface area contributed by atoms with Gasteiger partial charge < -0.3 is 10.2 Å². The average molecular weight is 182 g/mol. The van der Waals surface area contributed by atoms with Crippen LogP contribution >= 0.6 is 0 Å². The lowest BCUT2D eigenvalue weighted by Gasteiger charge is -2.27. The molecule has 0 aromatic heterocycles. The molecule has 0 saturated heterocycles. The first-order valence-corrected chi connectivity index (χ1v) is 5.55. The highest BCUT2D eigenvalue weighted by molar-refractivity contribution is 5.16. The van der Waals surface area contributed by atoms with Crippen molar-refractivity contribution in [3.8, 4) is 0 Å². The number of aliphatic hydroxyl groups excluding tert-OH is 2. The van der Waals surface area contributed by atoms with E-state index in [1.807, 2.05) is 0 Å². The van der Waals surface area contributed by atoms with Crippen molar-refractivity contribution < 1.29 is 10.2 Å². The quantitative estimate of drug-likeness (QED) is 0.669. The summed E-state index contributed by atoms with van der Waals surface area (Å²) in [7, 11) is 0. The molecule has 2 N–H and O–H groups in total. The second kappa shape index (κ2) is 2.48. The Kier molecular flexibility index (Phi) is 1.58. The van der Waals surface area contributed by atoms with Crippen molar-refractivity contribution in [2.75, 3.05) is 13.2 Å². The molecule has 3 fully saturated rings. The molecule has 0 aromatic carbocycles. The molecule has 2 heteroatoms. The summed E-state index contributed by atoms with van der Waals surface area (Å²) >= 11 is 0. The van der Waals surface area contributed by atoms with Crippen molar-refractivity contribution in [2.24, 2.45) is 29.1 Å². The molecule has 3 aliphatic carbocycles. The Morgan fingerprint density at radius 3 is 1.69 bits per heavy atom. The van der Waals surface area contributed by atoms with Crippen LogP contribution in [0.4, 0.5) is 0 Å². The Morgan fingerprint density at radius 2 is 1.38 bits per heavy atom. The molecule has 3 aliphatic rings. The molecule has 0 radical (unpaired) electrons. The van der Waals surface area contributed by atoms with Gasteiger partial charge in [0.15, 0.2) is 0 Å². The Bertz CT molecular complexity index is 202. The lowest BCUT2D eigenvalue weighted by molar-refractivity contribution is 0.0791. The SMILES string of the molecule is OCC1C(CO)C2CCC1C21CC1. The van der Waals surface area contributed by atoms with Crippen LogP contribution in [-0.4, -0.2) is 23.4 Å². The van der Waals surface area contributed by atoms with Gasteiger partial charge >= 0.3 is 0 Å². The van der Waals surface area contributed by atoms with E-state index in [0.717, 1.165) is 11.8 Å². The number of aliphatic hydroxyl groups is 2. The van der Waals surface area contributed by atoms with Crippen LogP contribution in [0, 0.1) is 29.1 Å². The van der Waals surface area contributed by atoms with Crippen molar-refractivity contribution in [2.45, 2.75) is 25.7 Å². The van der Waals surface area contributed by atoms with E-state index in [0.29, 0.717) is 30.5 Å². The maximum atomic E-state index is 9.34. The normalized spacial score (nSPS) is 50.3. The van der Waals surface area contributed by atoms with Crippen molar-refractivity contribution in [1.29, 1.82) is 0 Å². The number of hydrogen-bond donors (Lipinski definition) is 2. The largest absolute Gasteiger partial charge is 0.396 e. The topological polar surface area (TPSA) is 40.5 Å². The minimum Gasteiger partial charge on any atom is -0.396 e. The summed E-state index contributed by atoms with van der Waals surface area (Å²) < 4.78 is 0. The van der Waals surface area contributed by atoms with Gasteiger partial charge in [0.1, 0.15) is 0 Å². The summed E-state index contributed by atoms with van der Waals surface area (Å²) in [6.07, 6.45) is 5.36. The molecular weight excluding hydrogens is 164 g/mol. The van der Waals surface area contributed by atoms with Crippen LogP contribution in [0.15, 0.2) is 0 Å². The zero-order valence-electron chi connectivity index (χ0n) is 7.95. The van der Waals surface area contributed by atoms with Gasteiger partial charge in [0.05, 0.1) is 0 Å². The number of rotatable bonds is 2. The van der Waals surface area contributed by atoms with Gasteiger partial charge in [-0.1, -0.05) is 0 Å². The highest BCUT2D eigenvalue weighted by Crippen LogP contribution is 2.74. The van der Waals surface area contributed by atoms with Crippen molar-refractivity contribution in [3.63, 3.8) is 0 Å². The lowest BCUT2D eigenvalue weighted by Crippen LogP contribution is -2.27. The van der Waals surface area contributed by atoms with Gasteiger partial charge in [0, 0.05) is 13.2 Å². The molecule has 3 saturated carbocycles. The molecule has 13 heavy (non-hydrogen) atoms. The van der Waals surface area contributed by atoms with Crippen LogP contribution in [0.25, 0.3) is 0 Å².